The number of nitrogens with zero attached hydrogens (tertiary/aromatic N) is 3. The molecule has 0 aliphatic rings. The first-order valence-electron chi connectivity index (χ1n) is 3.68. The number of halogens is 1. The molecule has 0 fully saturated rings. The van der Waals surface area contributed by atoms with Crippen molar-refractivity contribution in [2.24, 2.45) is 7.05 Å². The van der Waals surface area contributed by atoms with Crippen molar-refractivity contribution in [1.29, 1.82) is 0 Å². The highest BCUT2D eigenvalue weighted by atomic mass is 79.9. The number of carbonyl (C=O) groups is 1. The molecule has 14 heavy (non-hydrogen) atoms. The van der Waals surface area contributed by atoms with Gasteiger partial charge in [-0.3, -0.25) is 0 Å². The van der Waals surface area contributed by atoms with Crippen LogP contribution in [0.25, 0.3) is 6.08 Å². The lowest BCUT2D eigenvalue weighted by Crippen LogP contribution is -2.00. The average molecular weight is 258 g/mol. The fourth-order valence-corrected chi connectivity index (χ4v) is 1.26. The third-order valence-corrected chi connectivity index (χ3v) is 1.86. The van der Waals surface area contributed by atoms with Gasteiger partial charge < -0.3 is 5.11 Å². The van der Waals surface area contributed by atoms with E-state index in [1.165, 1.54) is 16.8 Å². The van der Waals surface area contributed by atoms with Crippen molar-refractivity contribution in [2.45, 2.75) is 0 Å². The molecule has 0 bridgehead atoms. The number of carboxylic acids is 1. The zero-order valence-corrected chi connectivity index (χ0v) is 9.02. The molecule has 0 spiro atoms. The number of rotatable bonds is 3. The first-order valence-corrected chi connectivity index (χ1v) is 4.48. The summed E-state index contributed by atoms with van der Waals surface area (Å²) < 4.78 is 1.89. The second-order valence-electron chi connectivity index (χ2n) is 2.47. The maximum Gasteiger partial charge on any atom is 0.335 e. The van der Waals surface area contributed by atoms with E-state index in [2.05, 4.69) is 32.6 Å². The number of aromatic nitrogens is 3. The summed E-state index contributed by atoms with van der Waals surface area (Å²) in [6, 6.07) is 0. The Morgan fingerprint density at radius 1 is 1.71 bits per heavy atom. The second-order valence-corrected chi connectivity index (χ2v) is 3.18. The summed E-state index contributed by atoms with van der Waals surface area (Å²) in [6.45, 7) is 3.40. The lowest BCUT2D eigenvalue weighted by Gasteiger charge is -1.94. The first kappa shape index (κ1) is 10.6. The minimum atomic E-state index is -1.04. The number of aliphatic carboxylic acids is 1. The standard InChI is InChI=1S/C8H8BrN3O2/c1-3-5(7(13)14)4-6-10-8(9)11-12(6)2/h3-4H,1H2,2H3,(H,13,14)/b5-4+. The van der Waals surface area contributed by atoms with Crippen LogP contribution in [0, 0.1) is 0 Å². The van der Waals surface area contributed by atoms with Crippen LogP contribution in [0.2, 0.25) is 0 Å². The van der Waals surface area contributed by atoms with Gasteiger partial charge in [-0.2, -0.15) is 0 Å². The highest BCUT2D eigenvalue weighted by Crippen LogP contribution is 2.08. The van der Waals surface area contributed by atoms with Crippen molar-refractivity contribution in [3.05, 3.63) is 28.8 Å². The molecule has 0 aliphatic carbocycles. The van der Waals surface area contributed by atoms with Gasteiger partial charge in [0.1, 0.15) is 0 Å². The zero-order valence-electron chi connectivity index (χ0n) is 7.44. The molecule has 1 rings (SSSR count). The van der Waals surface area contributed by atoms with Crippen molar-refractivity contribution in [1.82, 2.24) is 14.8 Å². The van der Waals surface area contributed by atoms with Gasteiger partial charge in [0.15, 0.2) is 5.82 Å². The van der Waals surface area contributed by atoms with Crippen LogP contribution in [-0.4, -0.2) is 25.8 Å². The molecule has 1 heterocycles. The molecule has 5 nitrogen and oxygen atoms in total. The highest BCUT2D eigenvalue weighted by molar-refractivity contribution is 9.10. The van der Waals surface area contributed by atoms with Crippen LogP contribution in [0.15, 0.2) is 23.0 Å². The van der Waals surface area contributed by atoms with Gasteiger partial charge in [-0.15, -0.1) is 5.10 Å². The van der Waals surface area contributed by atoms with Crippen LogP contribution in [0.5, 0.6) is 0 Å². The molecule has 0 aromatic carbocycles. The fourth-order valence-electron chi connectivity index (χ4n) is 0.837. The molecule has 0 amide bonds. The van der Waals surface area contributed by atoms with Crippen LogP contribution in [0.1, 0.15) is 5.82 Å². The van der Waals surface area contributed by atoms with Gasteiger partial charge in [0.2, 0.25) is 4.73 Å². The molecule has 0 atom stereocenters. The predicted molar refractivity (Wildman–Crippen MR) is 54.5 cm³/mol. The second kappa shape index (κ2) is 4.19. The van der Waals surface area contributed by atoms with E-state index in [-0.39, 0.29) is 5.57 Å². The Bertz CT molecular complexity index is 409. The van der Waals surface area contributed by atoms with E-state index >= 15 is 0 Å². The summed E-state index contributed by atoms with van der Waals surface area (Å²) in [5, 5.41) is 12.6. The van der Waals surface area contributed by atoms with Crippen molar-refractivity contribution in [3.63, 3.8) is 0 Å². The van der Waals surface area contributed by atoms with Gasteiger partial charge in [0.05, 0.1) is 5.57 Å². The van der Waals surface area contributed by atoms with Crippen LogP contribution < -0.4 is 0 Å². The molecular formula is C8H8BrN3O2. The topological polar surface area (TPSA) is 68.0 Å². The van der Waals surface area contributed by atoms with Gasteiger partial charge >= 0.3 is 5.97 Å². The van der Waals surface area contributed by atoms with E-state index < -0.39 is 5.97 Å². The summed E-state index contributed by atoms with van der Waals surface area (Å²) in [5.41, 5.74) is 0.0769. The molecule has 0 saturated heterocycles. The maximum absolute atomic E-state index is 10.6. The molecule has 6 heteroatoms. The highest BCUT2D eigenvalue weighted by Gasteiger charge is 2.06. The molecule has 0 aliphatic heterocycles. The summed E-state index contributed by atoms with van der Waals surface area (Å²) >= 11 is 3.09. The SMILES string of the molecule is C=C/C(=C\c1nc(Br)nn1C)C(=O)O. The third-order valence-electron chi connectivity index (χ3n) is 1.52. The molecule has 0 unspecified atom stereocenters. The summed E-state index contributed by atoms with van der Waals surface area (Å²) in [5.74, 6) is -0.590. The number of aryl methyl sites for hydroxylation is 1. The number of hydrogen-bond acceptors (Lipinski definition) is 3. The van der Waals surface area contributed by atoms with E-state index in [9.17, 15) is 4.79 Å². The number of carboxylic acid groups (broad SMARTS) is 1. The van der Waals surface area contributed by atoms with Crippen molar-refractivity contribution < 1.29 is 9.90 Å². The van der Waals surface area contributed by atoms with Gasteiger partial charge in [-0.25, -0.2) is 14.5 Å². The average Bonchev–Trinajstić information content (AvgIpc) is 2.40. The van der Waals surface area contributed by atoms with Crippen LogP contribution >= 0.6 is 15.9 Å². The van der Waals surface area contributed by atoms with Gasteiger partial charge in [-0.05, 0) is 22.0 Å². The van der Waals surface area contributed by atoms with E-state index in [1.807, 2.05) is 0 Å². The molecule has 1 N–H and O–H groups in total. The van der Waals surface area contributed by atoms with E-state index in [0.717, 1.165) is 0 Å². The molecule has 1 aromatic rings. The maximum atomic E-state index is 10.6. The molecule has 0 saturated carbocycles. The Labute approximate surface area is 88.9 Å². The molecule has 1 aromatic heterocycles. The Morgan fingerprint density at radius 2 is 2.36 bits per heavy atom. The summed E-state index contributed by atoms with van der Waals surface area (Å²) in [7, 11) is 1.67. The van der Waals surface area contributed by atoms with E-state index in [0.29, 0.717) is 10.6 Å². The Kier molecular flexibility index (Phi) is 3.19. The summed E-state index contributed by atoms with van der Waals surface area (Å²) in [6.07, 6.45) is 2.65. The minimum absolute atomic E-state index is 0.0769. The minimum Gasteiger partial charge on any atom is -0.478 e. The Morgan fingerprint density at radius 3 is 2.71 bits per heavy atom. The van der Waals surface area contributed by atoms with Gasteiger partial charge in [-0.1, -0.05) is 12.7 Å². The smallest absolute Gasteiger partial charge is 0.335 e. The summed E-state index contributed by atoms with van der Waals surface area (Å²) in [4.78, 5) is 14.6. The van der Waals surface area contributed by atoms with E-state index in [4.69, 9.17) is 5.11 Å². The number of hydrogen-bond donors (Lipinski definition) is 1. The Hall–Kier alpha value is -1.43. The fraction of sp³-hybridized carbons (Fsp3) is 0.125. The first-order chi connectivity index (χ1) is 6.54. The predicted octanol–water partition coefficient (Wildman–Crippen LogP) is 1.23. The van der Waals surface area contributed by atoms with Crippen molar-refractivity contribution in [2.75, 3.05) is 0 Å². The molecule has 0 radical (unpaired) electrons. The van der Waals surface area contributed by atoms with E-state index in [1.54, 1.807) is 7.05 Å². The zero-order chi connectivity index (χ0) is 10.7. The normalized spacial score (nSPS) is 11.4. The van der Waals surface area contributed by atoms with Crippen LogP contribution in [0.4, 0.5) is 0 Å². The van der Waals surface area contributed by atoms with Crippen molar-refractivity contribution >= 4 is 28.0 Å². The third kappa shape index (κ3) is 2.29. The largest absolute Gasteiger partial charge is 0.478 e. The monoisotopic (exact) mass is 257 g/mol. The Balaban J connectivity index is 3.12. The molecular weight excluding hydrogens is 250 g/mol. The lowest BCUT2D eigenvalue weighted by atomic mass is 10.2. The molecule has 74 valence electrons. The van der Waals surface area contributed by atoms with Crippen molar-refractivity contribution in [3.8, 4) is 0 Å². The lowest BCUT2D eigenvalue weighted by molar-refractivity contribution is -0.132. The van der Waals surface area contributed by atoms with Gasteiger partial charge in [0.25, 0.3) is 0 Å². The quantitative estimate of drug-likeness (QED) is 0.654. The van der Waals surface area contributed by atoms with Gasteiger partial charge in [0, 0.05) is 7.05 Å². The van der Waals surface area contributed by atoms with Crippen LogP contribution in [0.3, 0.4) is 0 Å². The van der Waals surface area contributed by atoms with Crippen LogP contribution in [-0.2, 0) is 11.8 Å².